The predicted molar refractivity (Wildman–Crippen MR) is 77.4 cm³/mol. The molecule has 102 valence electrons. The summed E-state index contributed by atoms with van der Waals surface area (Å²) in [5.41, 5.74) is 2.52. The molecule has 5 heteroatoms. The molecule has 0 aliphatic carbocycles. The molecule has 0 amide bonds. The Balaban J connectivity index is 1.66. The Labute approximate surface area is 117 Å². The molecular weight excluding hydrogens is 256 g/mol. The van der Waals surface area contributed by atoms with Crippen LogP contribution in [0, 0.1) is 6.92 Å². The van der Waals surface area contributed by atoms with Gasteiger partial charge in [-0.1, -0.05) is 6.42 Å². The summed E-state index contributed by atoms with van der Waals surface area (Å²) in [6.07, 6.45) is 8.78. The maximum absolute atomic E-state index is 4.52. The lowest BCUT2D eigenvalue weighted by atomic mass is 10.0. The molecule has 1 saturated heterocycles. The van der Waals surface area contributed by atoms with E-state index < -0.39 is 0 Å². The van der Waals surface area contributed by atoms with Crippen molar-refractivity contribution in [2.75, 3.05) is 6.54 Å². The molecule has 1 aliphatic heterocycles. The molecule has 1 N–H and O–H groups in total. The van der Waals surface area contributed by atoms with Crippen molar-refractivity contribution in [2.45, 2.75) is 45.2 Å². The summed E-state index contributed by atoms with van der Waals surface area (Å²) in [5, 5.41) is 6.90. The van der Waals surface area contributed by atoms with Crippen molar-refractivity contribution in [3.63, 3.8) is 0 Å². The van der Waals surface area contributed by atoms with E-state index in [1.54, 1.807) is 11.3 Å². The fraction of sp³-hybridized carbons (Fsp3) is 0.571. The highest BCUT2D eigenvalue weighted by atomic mass is 32.1. The molecule has 1 aliphatic rings. The largest absolute Gasteiger partial charge is 0.333 e. The third-order valence-corrected chi connectivity index (χ3v) is 4.51. The van der Waals surface area contributed by atoms with Gasteiger partial charge in [0.05, 0.1) is 22.7 Å². The molecule has 2 aromatic heterocycles. The topological polar surface area (TPSA) is 42.7 Å². The van der Waals surface area contributed by atoms with Gasteiger partial charge in [0.25, 0.3) is 0 Å². The molecular formula is C14H20N4S. The molecule has 3 heterocycles. The van der Waals surface area contributed by atoms with Crippen LogP contribution in [0.2, 0.25) is 0 Å². The van der Waals surface area contributed by atoms with E-state index in [0.717, 1.165) is 24.5 Å². The first kappa shape index (κ1) is 12.8. The lowest BCUT2D eigenvalue weighted by Crippen LogP contribution is -2.28. The van der Waals surface area contributed by atoms with Gasteiger partial charge in [0.1, 0.15) is 0 Å². The van der Waals surface area contributed by atoms with Crippen LogP contribution in [0.15, 0.2) is 17.9 Å². The van der Waals surface area contributed by atoms with Crippen LogP contribution < -0.4 is 5.32 Å². The second-order valence-electron chi connectivity index (χ2n) is 5.12. The van der Waals surface area contributed by atoms with Gasteiger partial charge < -0.3 is 9.88 Å². The smallest absolute Gasteiger partial charge is 0.0948 e. The summed E-state index contributed by atoms with van der Waals surface area (Å²) < 4.78 is 2.28. The van der Waals surface area contributed by atoms with Crippen LogP contribution in [0.1, 0.15) is 41.7 Å². The van der Waals surface area contributed by atoms with E-state index in [1.807, 2.05) is 12.5 Å². The monoisotopic (exact) mass is 276 g/mol. The van der Waals surface area contributed by atoms with E-state index in [4.69, 9.17) is 0 Å². The van der Waals surface area contributed by atoms with E-state index in [-0.39, 0.29) is 0 Å². The van der Waals surface area contributed by atoms with Crippen LogP contribution in [0.3, 0.4) is 0 Å². The fourth-order valence-electron chi connectivity index (χ4n) is 2.67. The molecule has 0 bridgehead atoms. The second-order valence-corrected chi connectivity index (χ2v) is 6.18. The maximum Gasteiger partial charge on any atom is 0.0948 e. The van der Waals surface area contributed by atoms with Crippen molar-refractivity contribution >= 4 is 11.3 Å². The number of thiazole rings is 1. The first-order chi connectivity index (χ1) is 9.33. The molecule has 1 unspecified atom stereocenters. The molecule has 0 radical (unpaired) electrons. The van der Waals surface area contributed by atoms with Gasteiger partial charge in [0.2, 0.25) is 0 Å². The Bertz CT molecular complexity index is 525. The van der Waals surface area contributed by atoms with Crippen LogP contribution in [0.5, 0.6) is 0 Å². The molecule has 0 spiro atoms. The van der Waals surface area contributed by atoms with Gasteiger partial charge in [0.15, 0.2) is 0 Å². The predicted octanol–water partition coefficient (Wildman–Crippen LogP) is 2.71. The average molecular weight is 276 g/mol. The fourth-order valence-corrected chi connectivity index (χ4v) is 3.32. The van der Waals surface area contributed by atoms with Gasteiger partial charge in [-0.2, -0.15) is 0 Å². The van der Waals surface area contributed by atoms with Crippen LogP contribution in [0.25, 0.3) is 0 Å². The third-order valence-electron chi connectivity index (χ3n) is 3.69. The Hall–Kier alpha value is -1.20. The average Bonchev–Trinajstić information content (AvgIpc) is 3.06. The Kier molecular flexibility index (Phi) is 3.94. The zero-order chi connectivity index (χ0) is 13.1. The summed E-state index contributed by atoms with van der Waals surface area (Å²) in [6, 6.07) is 0.480. The number of nitrogens with zero attached hydrogens (tertiary/aromatic N) is 3. The van der Waals surface area contributed by atoms with E-state index in [0.29, 0.717) is 6.04 Å². The Morgan fingerprint density at radius 2 is 2.42 bits per heavy atom. The normalized spacial score (nSPS) is 19.7. The Morgan fingerprint density at radius 3 is 3.16 bits per heavy atom. The molecule has 3 rings (SSSR count). The lowest BCUT2D eigenvalue weighted by Gasteiger charge is -2.24. The minimum absolute atomic E-state index is 0.480. The standard InChI is InChI=1S/C14H20N4S/c1-11-17-12(9-19-11)5-7-18-10-15-8-14(18)13-4-2-3-6-16-13/h8-10,13,16H,2-7H2,1H3. The highest BCUT2D eigenvalue weighted by Crippen LogP contribution is 2.22. The molecule has 4 nitrogen and oxygen atoms in total. The number of nitrogens with one attached hydrogen (secondary N) is 1. The van der Waals surface area contributed by atoms with Gasteiger partial charge in [-0.05, 0) is 26.3 Å². The summed E-state index contributed by atoms with van der Waals surface area (Å²) in [5.74, 6) is 0. The molecule has 19 heavy (non-hydrogen) atoms. The summed E-state index contributed by atoms with van der Waals surface area (Å²) in [7, 11) is 0. The number of imidazole rings is 1. The van der Waals surface area contributed by atoms with Crippen LogP contribution in [-0.4, -0.2) is 21.1 Å². The van der Waals surface area contributed by atoms with Crippen molar-refractivity contribution in [3.8, 4) is 0 Å². The number of aromatic nitrogens is 3. The summed E-state index contributed by atoms with van der Waals surface area (Å²) in [4.78, 5) is 8.84. The van der Waals surface area contributed by atoms with Crippen molar-refractivity contribution in [2.24, 2.45) is 0 Å². The van der Waals surface area contributed by atoms with Gasteiger partial charge in [0, 0.05) is 30.6 Å². The quantitative estimate of drug-likeness (QED) is 0.933. The van der Waals surface area contributed by atoms with Gasteiger partial charge in [-0.25, -0.2) is 9.97 Å². The van der Waals surface area contributed by atoms with Gasteiger partial charge in [-0.15, -0.1) is 11.3 Å². The van der Waals surface area contributed by atoms with Crippen LogP contribution in [-0.2, 0) is 13.0 Å². The lowest BCUT2D eigenvalue weighted by molar-refractivity contribution is 0.393. The first-order valence-electron chi connectivity index (χ1n) is 6.97. The first-order valence-corrected chi connectivity index (χ1v) is 7.85. The van der Waals surface area contributed by atoms with E-state index in [1.165, 1.54) is 30.7 Å². The zero-order valence-electron chi connectivity index (χ0n) is 11.3. The number of hydrogen-bond acceptors (Lipinski definition) is 4. The number of piperidine rings is 1. The maximum atomic E-state index is 4.52. The molecule has 1 fully saturated rings. The van der Waals surface area contributed by atoms with E-state index >= 15 is 0 Å². The minimum atomic E-state index is 0.480. The molecule has 2 aromatic rings. The van der Waals surface area contributed by atoms with Gasteiger partial charge in [-0.3, -0.25) is 0 Å². The van der Waals surface area contributed by atoms with Crippen molar-refractivity contribution in [1.29, 1.82) is 0 Å². The van der Waals surface area contributed by atoms with Crippen LogP contribution >= 0.6 is 11.3 Å². The number of aryl methyl sites for hydroxylation is 3. The highest BCUT2D eigenvalue weighted by Gasteiger charge is 2.18. The summed E-state index contributed by atoms with van der Waals surface area (Å²) >= 11 is 1.73. The number of hydrogen-bond donors (Lipinski definition) is 1. The van der Waals surface area contributed by atoms with Crippen molar-refractivity contribution in [3.05, 3.63) is 34.3 Å². The molecule has 0 saturated carbocycles. The summed E-state index contributed by atoms with van der Waals surface area (Å²) in [6.45, 7) is 4.15. The second kappa shape index (κ2) is 5.84. The third kappa shape index (κ3) is 3.04. The minimum Gasteiger partial charge on any atom is -0.333 e. The van der Waals surface area contributed by atoms with Gasteiger partial charge >= 0.3 is 0 Å². The Morgan fingerprint density at radius 1 is 1.47 bits per heavy atom. The SMILES string of the molecule is Cc1nc(CCn2cncc2C2CCCCN2)cs1. The van der Waals surface area contributed by atoms with Crippen molar-refractivity contribution < 1.29 is 0 Å². The van der Waals surface area contributed by atoms with Crippen molar-refractivity contribution in [1.82, 2.24) is 19.9 Å². The molecule has 0 aromatic carbocycles. The van der Waals surface area contributed by atoms with Crippen LogP contribution in [0.4, 0.5) is 0 Å². The molecule has 1 atom stereocenters. The number of rotatable bonds is 4. The van der Waals surface area contributed by atoms with E-state index in [9.17, 15) is 0 Å². The highest BCUT2D eigenvalue weighted by molar-refractivity contribution is 7.09. The van der Waals surface area contributed by atoms with E-state index in [2.05, 4.69) is 32.2 Å². The zero-order valence-corrected chi connectivity index (χ0v) is 12.1.